The van der Waals surface area contributed by atoms with Gasteiger partial charge in [-0.3, -0.25) is 9.48 Å². The van der Waals surface area contributed by atoms with Crippen molar-refractivity contribution in [2.45, 2.75) is 18.8 Å². The number of carbonyl (C=O) groups excluding carboxylic acids is 1. The zero-order chi connectivity index (χ0) is 13.2. The number of carbonyl (C=O) groups is 1. The number of para-hydroxylation sites is 1. The van der Waals surface area contributed by atoms with Crippen molar-refractivity contribution in [2.24, 2.45) is 7.05 Å². The maximum absolute atomic E-state index is 12.5. The van der Waals surface area contributed by atoms with Gasteiger partial charge in [0.2, 0.25) is 0 Å². The van der Waals surface area contributed by atoms with Crippen LogP contribution in [0.2, 0.25) is 0 Å². The van der Waals surface area contributed by atoms with Gasteiger partial charge in [0.05, 0.1) is 6.20 Å². The second kappa shape index (κ2) is 4.88. The highest BCUT2D eigenvalue weighted by atomic mass is 16.1. The molecular formula is C15H17N3O. The molecule has 98 valence electrons. The highest BCUT2D eigenvalue weighted by molar-refractivity contribution is 5.89. The molecule has 19 heavy (non-hydrogen) atoms. The van der Waals surface area contributed by atoms with Crippen molar-refractivity contribution in [3.8, 4) is 0 Å². The van der Waals surface area contributed by atoms with Crippen molar-refractivity contribution in [3.05, 3.63) is 47.8 Å². The lowest BCUT2D eigenvalue weighted by Crippen LogP contribution is -2.24. The number of ketones is 1. The Labute approximate surface area is 112 Å². The summed E-state index contributed by atoms with van der Waals surface area (Å²) in [6, 6.07) is 8.09. The Morgan fingerprint density at radius 1 is 1.47 bits per heavy atom. The average Bonchev–Trinajstić information content (AvgIpc) is 2.83. The van der Waals surface area contributed by atoms with Gasteiger partial charge in [0.15, 0.2) is 0 Å². The van der Waals surface area contributed by atoms with E-state index in [0.717, 1.165) is 29.8 Å². The average molecular weight is 255 g/mol. The van der Waals surface area contributed by atoms with Crippen LogP contribution in [0.25, 0.3) is 0 Å². The number of rotatable bonds is 3. The molecule has 0 aliphatic carbocycles. The molecule has 0 radical (unpaired) electrons. The van der Waals surface area contributed by atoms with Crippen LogP contribution >= 0.6 is 0 Å². The third-order valence-corrected chi connectivity index (χ3v) is 3.61. The summed E-state index contributed by atoms with van der Waals surface area (Å²) in [5, 5.41) is 7.46. The largest absolute Gasteiger partial charge is 0.385 e. The molecule has 0 saturated heterocycles. The van der Waals surface area contributed by atoms with Crippen LogP contribution in [0.1, 0.15) is 23.5 Å². The predicted molar refractivity (Wildman–Crippen MR) is 74.2 cm³/mol. The Balaban J connectivity index is 1.81. The molecule has 1 N–H and O–H groups in total. The molecule has 1 aromatic carbocycles. The van der Waals surface area contributed by atoms with Gasteiger partial charge in [-0.15, -0.1) is 0 Å². The number of aryl methyl sites for hydroxylation is 1. The molecule has 1 aromatic heterocycles. The monoisotopic (exact) mass is 255 g/mol. The predicted octanol–water partition coefficient (Wildman–Crippen LogP) is 2.13. The second-order valence-corrected chi connectivity index (χ2v) is 5.02. The summed E-state index contributed by atoms with van der Waals surface area (Å²) in [7, 11) is 1.87. The van der Waals surface area contributed by atoms with Gasteiger partial charge in [-0.25, -0.2) is 0 Å². The molecule has 1 unspecified atom stereocenters. The normalized spacial score (nSPS) is 17.6. The van der Waals surface area contributed by atoms with Crippen LogP contribution in [0.4, 0.5) is 5.69 Å². The van der Waals surface area contributed by atoms with Crippen LogP contribution in [0, 0.1) is 0 Å². The van der Waals surface area contributed by atoms with Crippen LogP contribution in [0.3, 0.4) is 0 Å². The molecule has 3 rings (SSSR count). The van der Waals surface area contributed by atoms with Gasteiger partial charge in [-0.2, -0.15) is 5.10 Å². The molecule has 4 nitrogen and oxygen atoms in total. The molecule has 1 aliphatic rings. The molecule has 0 spiro atoms. The van der Waals surface area contributed by atoms with Crippen molar-refractivity contribution >= 4 is 11.5 Å². The third-order valence-electron chi connectivity index (χ3n) is 3.61. The van der Waals surface area contributed by atoms with E-state index in [1.54, 1.807) is 10.9 Å². The number of hydrogen-bond acceptors (Lipinski definition) is 3. The van der Waals surface area contributed by atoms with Gasteiger partial charge in [-0.05, 0) is 23.6 Å². The quantitative estimate of drug-likeness (QED) is 0.914. The number of fused-ring (bicyclic) bond motifs is 1. The fourth-order valence-electron chi connectivity index (χ4n) is 2.69. The molecule has 1 aliphatic heterocycles. The fraction of sp³-hybridized carbons (Fsp3) is 0.333. The summed E-state index contributed by atoms with van der Waals surface area (Å²) in [6.45, 7) is 0.862. The first-order valence-corrected chi connectivity index (χ1v) is 6.57. The molecule has 0 bridgehead atoms. The lowest BCUT2D eigenvalue weighted by atomic mass is 9.85. The van der Waals surface area contributed by atoms with E-state index in [4.69, 9.17) is 0 Å². The molecule has 2 heterocycles. The van der Waals surface area contributed by atoms with Crippen molar-refractivity contribution in [1.29, 1.82) is 0 Å². The van der Waals surface area contributed by atoms with Gasteiger partial charge >= 0.3 is 0 Å². The molecule has 0 amide bonds. The first-order valence-electron chi connectivity index (χ1n) is 6.57. The number of aromatic nitrogens is 2. The van der Waals surface area contributed by atoms with Crippen LogP contribution in [-0.2, 0) is 18.3 Å². The minimum atomic E-state index is 0.0117. The summed E-state index contributed by atoms with van der Waals surface area (Å²) < 4.78 is 1.74. The molecule has 2 aromatic rings. The van der Waals surface area contributed by atoms with Crippen molar-refractivity contribution < 1.29 is 4.79 Å². The van der Waals surface area contributed by atoms with E-state index in [-0.39, 0.29) is 11.7 Å². The van der Waals surface area contributed by atoms with E-state index in [2.05, 4.69) is 10.4 Å². The Morgan fingerprint density at radius 3 is 3.11 bits per heavy atom. The van der Waals surface area contributed by atoms with E-state index in [1.165, 1.54) is 0 Å². The van der Waals surface area contributed by atoms with E-state index in [1.807, 2.05) is 37.5 Å². The summed E-state index contributed by atoms with van der Waals surface area (Å²) in [6.07, 6.45) is 5.01. The summed E-state index contributed by atoms with van der Waals surface area (Å²) in [4.78, 5) is 12.5. The van der Waals surface area contributed by atoms with Gasteiger partial charge in [0, 0.05) is 37.8 Å². The molecule has 4 heteroatoms. The minimum absolute atomic E-state index is 0.0117. The van der Waals surface area contributed by atoms with Crippen molar-refractivity contribution in [1.82, 2.24) is 9.78 Å². The number of benzene rings is 1. The molecular weight excluding hydrogens is 238 g/mol. The fourth-order valence-corrected chi connectivity index (χ4v) is 2.69. The standard InChI is InChI=1S/C15H17N3O/c1-18-10-11(9-17-18)8-15(19)13-6-7-16-14-5-3-2-4-12(13)14/h2-5,9-10,13,16H,6-8H2,1H3. The zero-order valence-corrected chi connectivity index (χ0v) is 11.0. The molecule has 0 saturated carbocycles. The molecule has 0 fully saturated rings. The highest BCUT2D eigenvalue weighted by Crippen LogP contribution is 2.32. The maximum atomic E-state index is 12.5. The first kappa shape index (κ1) is 12.0. The maximum Gasteiger partial charge on any atom is 0.144 e. The van der Waals surface area contributed by atoms with Crippen LogP contribution in [-0.4, -0.2) is 22.1 Å². The Bertz CT molecular complexity index is 603. The third kappa shape index (κ3) is 2.38. The Hall–Kier alpha value is -2.10. The first-order chi connectivity index (χ1) is 9.24. The lowest BCUT2D eigenvalue weighted by Gasteiger charge is -2.25. The summed E-state index contributed by atoms with van der Waals surface area (Å²) in [5.74, 6) is 0.291. The van der Waals surface area contributed by atoms with E-state index >= 15 is 0 Å². The van der Waals surface area contributed by atoms with Crippen LogP contribution in [0.5, 0.6) is 0 Å². The van der Waals surface area contributed by atoms with E-state index in [9.17, 15) is 4.79 Å². The number of nitrogens with one attached hydrogen (secondary N) is 1. The smallest absolute Gasteiger partial charge is 0.144 e. The Kier molecular flexibility index (Phi) is 3.07. The zero-order valence-electron chi connectivity index (χ0n) is 11.0. The minimum Gasteiger partial charge on any atom is -0.385 e. The number of Topliss-reactive ketones (excluding diaryl/α,β-unsaturated/α-hetero) is 1. The van der Waals surface area contributed by atoms with Gasteiger partial charge in [-0.1, -0.05) is 18.2 Å². The van der Waals surface area contributed by atoms with E-state index < -0.39 is 0 Å². The lowest BCUT2D eigenvalue weighted by molar-refractivity contribution is -0.120. The SMILES string of the molecule is Cn1cc(CC(=O)C2CCNc3ccccc32)cn1. The number of nitrogens with zero attached hydrogens (tertiary/aromatic N) is 2. The van der Waals surface area contributed by atoms with Gasteiger partial charge < -0.3 is 5.32 Å². The van der Waals surface area contributed by atoms with Crippen LogP contribution < -0.4 is 5.32 Å². The van der Waals surface area contributed by atoms with Crippen molar-refractivity contribution in [2.75, 3.05) is 11.9 Å². The molecule has 1 atom stereocenters. The van der Waals surface area contributed by atoms with Crippen LogP contribution in [0.15, 0.2) is 36.7 Å². The van der Waals surface area contributed by atoms with E-state index in [0.29, 0.717) is 6.42 Å². The second-order valence-electron chi connectivity index (χ2n) is 5.02. The van der Waals surface area contributed by atoms with Gasteiger partial charge in [0.1, 0.15) is 5.78 Å². The topological polar surface area (TPSA) is 46.9 Å². The number of anilines is 1. The summed E-state index contributed by atoms with van der Waals surface area (Å²) in [5.41, 5.74) is 3.21. The van der Waals surface area contributed by atoms with Gasteiger partial charge in [0.25, 0.3) is 0 Å². The van der Waals surface area contributed by atoms with Crippen molar-refractivity contribution in [3.63, 3.8) is 0 Å². The highest BCUT2D eigenvalue weighted by Gasteiger charge is 2.26. The summed E-state index contributed by atoms with van der Waals surface area (Å²) >= 11 is 0. The number of hydrogen-bond donors (Lipinski definition) is 1. The Morgan fingerprint density at radius 2 is 2.32 bits per heavy atom.